The van der Waals surface area contributed by atoms with Gasteiger partial charge >= 0.3 is 0 Å². The van der Waals surface area contributed by atoms with Crippen LogP contribution in [0.4, 0.5) is 11.4 Å². The van der Waals surface area contributed by atoms with Gasteiger partial charge in [-0.05, 0) is 35.4 Å². The number of anilines is 2. The molecule has 0 atom stereocenters. The van der Waals surface area contributed by atoms with Crippen molar-refractivity contribution >= 4 is 59.2 Å². The summed E-state index contributed by atoms with van der Waals surface area (Å²) in [6.07, 6.45) is 3.59. The molecular weight excluding hydrogens is 468 g/mol. The predicted octanol–water partition coefficient (Wildman–Crippen LogP) is 2.72. The molecule has 184 valence electrons. The first-order valence-electron chi connectivity index (χ1n) is 10.8. The van der Waals surface area contributed by atoms with Gasteiger partial charge in [0.25, 0.3) is 0 Å². The second kappa shape index (κ2) is 15.0. The quantitative estimate of drug-likeness (QED) is 0.203. The number of benzene rings is 2. The smallest absolute Gasteiger partial charge is 0.240 e. The van der Waals surface area contributed by atoms with Gasteiger partial charge in [-0.2, -0.15) is 22.0 Å². The molecule has 0 unspecified atom stereocenters. The van der Waals surface area contributed by atoms with Crippen LogP contribution in [0.15, 0.2) is 58.7 Å². The minimum atomic E-state index is -0.220. The Morgan fingerprint density at radius 2 is 1.06 bits per heavy atom. The van der Waals surface area contributed by atoms with Crippen molar-refractivity contribution in [2.24, 2.45) is 10.2 Å². The monoisotopic (exact) mass is 496 g/mol. The Kier molecular flexibility index (Phi) is 11.7. The molecule has 0 fully saturated rings. The standard InChI is InChI=1S/C24H28N6O4S/c1-17(31)27-21-7-3-19(4-8-21)15-25-29-23(33)11-13-35-14-12-24(34)30-26-16-20-5-9-22(10-6-20)28-18(2)32/h3-10,15-16H,11-14H2,1-2H3,(H,27,31)(H,28,32)(H,29,33)(H,30,34). The van der Waals surface area contributed by atoms with Gasteiger partial charge in [0.1, 0.15) is 0 Å². The van der Waals surface area contributed by atoms with Gasteiger partial charge in [-0.3, -0.25) is 19.2 Å². The number of hydrogen-bond acceptors (Lipinski definition) is 7. The Bertz CT molecular complexity index is 983. The Labute approximate surface area is 208 Å². The van der Waals surface area contributed by atoms with Crippen molar-refractivity contribution in [3.63, 3.8) is 0 Å². The largest absolute Gasteiger partial charge is 0.326 e. The van der Waals surface area contributed by atoms with Crippen LogP contribution in [-0.4, -0.2) is 47.6 Å². The van der Waals surface area contributed by atoms with Crippen LogP contribution in [0.1, 0.15) is 37.8 Å². The van der Waals surface area contributed by atoms with Gasteiger partial charge < -0.3 is 10.6 Å². The molecule has 35 heavy (non-hydrogen) atoms. The highest BCUT2D eigenvalue weighted by Gasteiger charge is 2.03. The average Bonchev–Trinajstić information content (AvgIpc) is 2.80. The van der Waals surface area contributed by atoms with Crippen molar-refractivity contribution in [1.29, 1.82) is 0 Å². The summed E-state index contributed by atoms with van der Waals surface area (Å²) >= 11 is 1.49. The molecule has 2 aromatic carbocycles. The third kappa shape index (κ3) is 12.2. The summed E-state index contributed by atoms with van der Waals surface area (Å²) in [6, 6.07) is 14.1. The number of thioether (sulfide) groups is 1. The highest BCUT2D eigenvalue weighted by molar-refractivity contribution is 7.99. The van der Waals surface area contributed by atoms with Crippen LogP contribution in [-0.2, 0) is 19.2 Å². The lowest BCUT2D eigenvalue weighted by molar-refractivity contribution is -0.121. The van der Waals surface area contributed by atoms with E-state index in [9.17, 15) is 19.2 Å². The van der Waals surface area contributed by atoms with Gasteiger partial charge in [0.15, 0.2) is 0 Å². The molecule has 0 aliphatic carbocycles. The normalized spacial score (nSPS) is 10.8. The Hall–Kier alpha value is -3.99. The molecule has 4 N–H and O–H groups in total. The third-order valence-corrected chi connectivity index (χ3v) is 5.20. The molecule has 11 heteroatoms. The Morgan fingerprint density at radius 3 is 1.40 bits per heavy atom. The highest BCUT2D eigenvalue weighted by Crippen LogP contribution is 2.09. The fourth-order valence-corrected chi connectivity index (χ4v) is 3.48. The summed E-state index contributed by atoms with van der Waals surface area (Å²) in [5, 5.41) is 13.2. The van der Waals surface area contributed by atoms with Crippen molar-refractivity contribution in [3.8, 4) is 0 Å². The number of amides is 4. The maximum absolute atomic E-state index is 11.9. The number of hydrazone groups is 2. The molecule has 4 amide bonds. The molecule has 0 saturated carbocycles. The van der Waals surface area contributed by atoms with Crippen molar-refractivity contribution in [2.45, 2.75) is 26.7 Å². The summed E-state index contributed by atoms with van der Waals surface area (Å²) in [5.74, 6) is 0.389. The molecule has 10 nitrogen and oxygen atoms in total. The maximum Gasteiger partial charge on any atom is 0.240 e. The van der Waals surface area contributed by atoms with Gasteiger partial charge in [-0.25, -0.2) is 10.9 Å². The number of carbonyl (C=O) groups excluding carboxylic acids is 4. The number of nitrogens with zero attached hydrogens (tertiary/aromatic N) is 2. The summed E-state index contributed by atoms with van der Waals surface area (Å²) in [5.41, 5.74) is 7.86. The van der Waals surface area contributed by atoms with Crippen molar-refractivity contribution in [3.05, 3.63) is 59.7 Å². The van der Waals surface area contributed by atoms with Crippen molar-refractivity contribution in [2.75, 3.05) is 22.1 Å². The molecule has 0 aliphatic rings. The van der Waals surface area contributed by atoms with E-state index in [-0.39, 0.29) is 36.5 Å². The van der Waals surface area contributed by atoms with E-state index in [0.29, 0.717) is 22.9 Å². The zero-order valence-corrected chi connectivity index (χ0v) is 20.4. The Balaban J connectivity index is 1.56. The van der Waals surface area contributed by atoms with Crippen LogP contribution in [0, 0.1) is 0 Å². The van der Waals surface area contributed by atoms with Crippen LogP contribution in [0.2, 0.25) is 0 Å². The van der Waals surface area contributed by atoms with Gasteiger partial charge in [-0.1, -0.05) is 24.3 Å². The second-order valence-electron chi connectivity index (χ2n) is 7.31. The fourth-order valence-electron chi connectivity index (χ4n) is 2.61. The van der Waals surface area contributed by atoms with E-state index in [1.807, 2.05) is 0 Å². The number of carbonyl (C=O) groups is 4. The van der Waals surface area contributed by atoms with Crippen LogP contribution in [0.25, 0.3) is 0 Å². The average molecular weight is 497 g/mol. The minimum absolute atomic E-state index is 0.145. The molecular formula is C24H28N6O4S. The van der Waals surface area contributed by atoms with Crippen molar-refractivity contribution < 1.29 is 19.2 Å². The van der Waals surface area contributed by atoms with E-state index >= 15 is 0 Å². The maximum atomic E-state index is 11.9. The van der Waals surface area contributed by atoms with Crippen LogP contribution in [0.5, 0.6) is 0 Å². The van der Waals surface area contributed by atoms with Crippen LogP contribution in [0.3, 0.4) is 0 Å². The van der Waals surface area contributed by atoms with Gasteiger partial charge in [0, 0.05) is 49.6 Å². The van der Waals surface area contributed by atoms with E-state index in [2.05, 4.69) is 31.7 Å². The zero-order valence-electron chi connectivity index (χ0n) is 19.5. The summed E-state index contributed by atoms with van der Waals surface area (Å²) in [4.78, 5) is 45.7. The fraction of sp³-hybridized carbons (Fsp3) is 0.250. The lowest BCUT2D eigenvalue weighted by Gasteiger charge is -2.03. The second-order valence-corrected chi connectivity index (χ2v) is 8.53. The van der Waals surface area contributed by atoms with Crippen LogP contribution >= 0.6 is 11.8 Å². The Morgan fingerprint density at radius 1 is 0.686 bits per heavy atom. The third-order valence-electron chi connectivity index (χ3n) is 4.21. The van der Waals surface area contributed by atoms with Crippen LogP contribution < -0.4 is 21.5 Å². The SMILES string of the molecule is CC(=O)Nc1ccc(C=NNC(=O)CCSCCC(=O)NN=Cc2ccc(NC(C)=O)cc2)cc1. The van der Waals surface area contributed by atoms with Gasteiger partial charge in [-0.15, -0.1) is 0 Å². The predicted molar refractivity (Wildman–Crippen MR) is 140 cm³/mol. The van der Waals surface area contributed by atoms with E-state index in [1.165, 1.54) is 38.0 Å². The molecule has 0 aromatic heterocycles. The minimum Gasteiger partial charge on any atom is -0.326 e. The number of hydrogen-bond donors (Lipinski definition) is 4. The summed E-state index contributed by atoms with van der Waals surface area (Å²) < 4.78 is 0. The zero-order chi connectivity index (χ0) is 25.5. The summed E-state index contributed by atoms with van der Waals surface area (Å²) in [6.45, 7) is 2.88. The molecule has 2 rings (SSSR count). The highest BCUT2D eigenvalue weighted by atomic mass is 32.2. The molecule has 0 radical (unpaired) electrons. The first-order chi connectivity index (χ1) is 16.8. The topological polar surface area (TPSA) is 141 Å². The molecule has 0 aliphatic heterocycles. The van der Waals surface area contributed by atoms with Crippen molar-refractivity contribution in [1.82, 2.24) is 10.9 Å². The van der Waals surface area contributed by atoms with Gasteiger partial charge in [0.2, 0.25) is 23.6 Å². The number of rotatable bonds is 12. The summed E-state index contributed by atoms with van der Waals surface area (Å²) in [7, 11) is 0. The first kappa shape index (κ1) is 27.3. The van der Waals surface area contributed by atoms with E-state index in [4.69, 9.17) is 0 Å². The van der Waals surface area contributed by atoms with Gasteiger partial charge in [0.05, 0.1) is 12.4 Å². The molecule has 2 aromatic rings. The molecule has 0 spiro atoms. The first-order valence-corrected chi connectivity index (χ1v) is 11.9. The van der Waals surface area contributed by atoms with E-state index < -0.39 is 0 Å². The number of nitrogens with one attached hydrogen (secondary N) is 4. The molecule has 0 heterocycles. The van der Waals surface area contributed by atoms with E-state index in [1.54, 1.807) is 48.5 Å². The lowest BCUT2D eigenvalue weighted by Crippen LogP contribution is -2.19. The molecule has 0 saturated heterocycles. The van der Waals surface area contributed by atoms with E-state index in [0.717, 1.165) is 11.1 Å². The molecule has 0 bridgehead atoms. The lowest BCUT2D eigenvalue weighted by atomic mass is 10.2.